The zero-order valence-electron chi connectivity index (χ0n) is 19.0. The number of amidine groups is 2. The van der Waals surface area contributed by atoms with Gasteiger partial charge in [0.15, 0.2) is 0 Å². The number of allylic oxidation sites excluding steroid dienone is 4. The quantitative estimate of drug-likeness (QED) is 0.233. The third-order valence-electron chi connectivity index (χ3n) is 5.59. The van der Waals surface area contributed by atoms with E-state index in [1.165, 1.54) is 19.1 Å². The third kappa shape index (κ3) is 5.78. The lowest BCUT2D eigenvalue weighted by molar-refractivity contribution is 0.706. The van der Waals surface area contributed by atoms with E-state index in [4.69, 9.17) is 21.5 Å². The van der Waals surface area contributed by atoms with Gasteiger partial charge in [0.05, 0.1) is 17.4 Å². The maximum atomic E-state index is 8.22. The summed E-state index contributed by atoms with van der Waals surface area (Å²) in [6.07, 6.45) is 17.2. The Labute approximate surface area is 190 Å². The standard InChI is InChI=1S/C24H34N8/c1-15(2)16(12-25)11-22(26)32-23-9-8-20-21(31-23)10-17(13-29-20)19(14-28-3)24(27)30-18-6-4-5-7-18/h8-15,18,25,28-29,31H,4-7H2,1-3H3,(H2,26,32)(H2,27,30)/b16-11?,19-14-,25-12?. The smallest absolute Gasteiger partial charge is 0.128 e. The molecule has 0 bridgehead atoms. The molecule has 1 fully saturated rings. The van der Waals surface area contributed by atoms with E-state index in [0.29, 0.717) is 17.7 Å². The molecule has 8 N–H and O–H groups in total. The van der Waals surface area contributed by atoms with Crippen molar-refractivity contribution in [1.82, 2.24) is 21.3 Å². The molecule has 8 heteroatoms. The molecule has 0 saturated heterocycles. The zero-order valence-corrected chi connectivity index (χ0v) is 19.0. The summed E-state index contributed by atoms with van der Waals surface area (Å²) in [6, 6.07) is 0.304. The minimum atomic E-state index is 0.182. The lowest BCUT2D eigenvalue weighted by atomic mass is 10.0. The van der Waals surface area contributed by atoms with Crippen LogP contribution in [0.1, 0.15) is 39.5 Å². The molecular weight excluding hydrogens is 400 g/mol. The molecule has 32 heavy (non-hydrogen) atoms. The Hall–Kier alpha value is -3.55. The summed E-state index contributed by atoms with van der Waals surface area (Å²) >= 11 is 0. The first-order chi connectivity index (χ1) is 15.4. The first-order valence-electron chi connectivity index (χ1n) is 11.1. The van der Waals surface area contributed by atoms with Gasteiger partial charge in [-0.15, -0.1) is 0 Å². The van der Waals surface area contributed by atoms with Crippen molar-refractivity contribution in [2.75, 3.05) is 7.05 Å². The van der Waals surface area contributed by atoms with Crippen LogP contribution in [-0.4, -0.2) is 31.0 Å². The number of nitrogens with zero attached hydrogens (tertiary/aromatic N) is 1. The van der Waals surface area contributed by atoms with Gasteiger partial charge in [-0.2, -0.15) is 0 Å². The molecule has 170 valence electrons. The van der Waals surface area contributed by atoms with Gasteiger partial charge < -0.3 is 32.4 Å². The van der Waals surface area contributed by atoms with Gasteiger partial charge >= 0.3 is 0 Å². The predicted molar refractivity (Wildman–Crippen MR) is 132 cm³/mol. The first-order valence-corrected chi connectivity index (χ1v) is 11.1. The van der Waals surface area contributed by atoms with Gasteiger partial charge in [0, 0.05) is 36.8 Å². The molecule has 0 aromatic heterocycles. The van der Waals surface area contributed by atoms with Crippen molar-refractivity contribution >= 4 is 17.9 Å². The molecule has 0 aromatic carbocycles. The maximum absolute atomic E-state index is 8.22. The van der Waals surface area contributed by atoms with Gasteiger partial charge in [-0.1, -0.05) is 26.7 Å². The average molecular weight is 435 g/mol. The van der Waals surface area contributed by atoms with E-state index in [-0.39, 0.29) is 11.8 Å². The fourth-order valence-electron chi connectivity index (χ4n) is 3.80. The second-order valence-corrected chi connectivity index (χ2v) is 8.37. The molecule has 0 unspecified atom stereocenters. The largest absolute Gasteiger partial charge is 0.393 e. The molecule has 0 aromatic rings. The molecule has 1 aliphatic carbocycles. The van der Waals surface area contributed by atoms with Crippen molar-refractivity contribution in [2.45, 2.75) is 45.6 Å². The summed E-state index contributed by atoms with van der Waals surface area (Å²) in [6.45, 7) is 4.00. The number of fused-ring (bicyclic) bond motifs is 1. The van der Waals surface area contributed by atoms with E-state index < -0.39 is 0 Å². The summed E-state index contributed by atoms with van der Waals surface area (Å²) < 4.78 is 0. The summed E-state index contributed by atoms with van der Waals surface area (Å²) in [7, 11) is 1.85. The molecule has 0 amide bonds. The average Bonchev–Trinajstić information content (AvgIpc) is 3.28. The van der Waals surface area contributed by atoms with Crippen LogP contribution in [0, 0.1) is 16.7 Å². The van der Waals surface area contributed by atoms with Crippen molar-refractivity contribution in [3.63, 3.8) is 0 Å². The van der Waals surface area contributed by atoms with Crippen LogP contribution in [0.2, 0.25) is 0 Å². The van der Waals surface area contributed by atoms with Gasteiger partial charge in [0.2, 0.25) is 0 Å². The number of rotatable bonds is 8. The van der Waals surface area contributed by atoms with Crippen molar-refractivity contribution in [2.24, 2.45) is 16.6 Å². The Morgan fingerprint density at radius 1 is 1.25 bits per heavy atom. The van der Waals surface area contributed by atoms with Crippen LogP contribution in [0.5, 0.6) is 0 Å². The van der Waals surface area contributed by atoms with Crippen LogP contribution in [0.15, 0.2) is 75.6 Å². The van der Waals surface area contributed by atoms with Gasteiger partial charge in [-0.05, 0) is 48.6 Å². The number of hydrogen-bond acceptors (Lipinski definition) is 6. The normalized spacial score (nSPS) is 19.7. The second kappa shape index (κ2) is 10.7. The molecule has 1 saturated carbocycles. The molecule has 8 nitrogen and oxygen atoms in total. The summed E-state index contributed by atoms with van der Waals surface area (Å²) in [5.41, 5.74) is 10.7. The van der Waals surface area contributed by atoms with Crippen LogP contribution in [0.25, 0.3) is 0 Å². The van der Waals surface area contributed by atoms with Crippen LogP contribution in [0.4, 0.5) is 0 Å². The van der Waals surface area contributed by atoms with E-state index in [0.717, 1.165) is 41.0 Å². The van der Waals surface area contributed by atoms with E-state index in [1.54, 1.807) is 6.08 Å². The Balaban J connectivity index is 1.75. The fourth-order valence-corrected chi connectivity index (χ4v) is 3.80. The maximum Gasteiger partial charge on any atom is 0.128 e. The highest BCUT2D eigenvalue weighted by molar-refractivity contribution is 6.02. The van der Waals surface area contributed by atoms with Crippen molar-refractivity contribution in [3.05, 3.63) is 70.6 Å². The van der Waals surface area contributed by atoms with E-state index in [2.05, 4.69) is 21.3 Å². The van der Waals surface area contributed by atoms with Crippen molar-refractivity contribution in [3.8, 4) is 0 Å². The van der Waals surface area contributed by atoms with Crippen LogP contribution in [-0.2, 0) is 0 Å². The van der Waals surface area contributed by atoms with Crippen molar-refractivity contribution < 1.29 is 0 Å². The zero-order chi connectivity index (χ0) is 23.1. The highest BCUT2D eigenvalue weighted by Gasteiger charge is 2.20. The van der Waals surface area contributed by atoms with Crippen LogP contribution >= 0.6 is 0 Å². The van der Waals surface area contributed by atoms with E-state index in [1.807, 2.05) is 51.5 Å². The number of aliphatic imine (C=N–C) groups is 1. The fraction of sp³-hybridized carbons (Fsp3) is 0.375. The highest BCUT2D eigenvalue weighted by atomic mass is 15.1. The Morgan fingerprint density at radius 3 is 2.66 bits per heavy atom. The van der Waals surface area contributed by atoms with Crippen LogP contribution < -0.4 is 27.0 Å². The minimum absolute atomic E-state index is 0.182. The molecule has 0 spiro atoms. The topological polar surface area (TPSA) is 134 Å². The molecule has 2 aliphatic heterocycles. The number of nitrogens with one attached hydrogen (secondary N) is 6. The third-order valence-corrected chi connectivity index (χ3v) is 5.59. The molecule has 2 heterocycles. The Kier molecular flexibility index (Phi) is 7.70. The Morgan fingerprint density at radius 2 is 2.00 bits per heavy atom. The monoisotopic (exact) mass is 434 g/mol. The lowest BCUT2D eigenvalue weighted by Crippen LogP contribution is -2.35. The first kappa shape index (κ1) is 23.1. The summed E-state index contributed by atoms with van der Waals surface area (Å²) in [5.74, 6) is 1.62. The summed E-state index contributed by atoms with van der Waals surface area (Å²) in [5, 5.41) is 28.5. The minimum Gasteiger partial charge on any atom is -0.393 e. The van der Waals surface area contributed by atoms with Gasteiger partial charge in [-0.3, -0.25) is 10.4 Å². The van der Waals surface area contributed by atoms with Gasteiger partial charge in [0.25, 0.3) is 0 Å². The second-order valence-electron chi connectivity index (χ2n) is 8.37. The molecule has 3 rings (SSSR count). The molecule has 0 radical (unpaired) electrons. The van der Waals surface area contributed by atoms with Gasteiger partial charge in [0.1, 0.15) is 17.5 Å². The number of nitrogens with two attached hydrogens (primary N) is 1. The number of dihydropyridines is 2. The highest BCUT2D eigenvalue weighted by Crippen LogP contribution is 2.25. The summed E-state index contributed by atoms with van der Waals surface area (Å²) in [4.78, 5) is 4.75. The van der Waals surface area contributed by atoms with Gasteiger partial charge in [-0.25, -0.2) is 0 Å². The molecule has 3 aliphatic rings. The SMILES string of the molecule is CN/C=C(/C1=CNC2=CC=C(NC(=N)C=C(C=N)C(C)C)NC2=C1)C(N)=NC1CCCC1. The van der Waals surface area contributed by atoms with Crippen molar-refractivity contribution in [1.29, 1.82) is 10.8 Å². The van der Waals surface area contributed by atoms with E-state index in [9.17, 15) is 0 Å². The van der Waals surface area contributed by atoms with E-state index >= 15 is 0 Å². The number of hydrogen-bond donors (Lipinski definition) is 7. The Bertz CT molecular complexity index is 966. The molecule has 0 atom stereocenters. The predicted octanol–water partition coefficient (Wildman–Crippen LogP) is 2.89. The van der Waals surface area contributed by atoms with Crippen LogP contribution in [0.3, 0.4) is 0 Å². The molecular formula is C24H34N8. The lowest BCUT2D eigenvalue weighted by Gasteiger charge is -2.25.